The van der Waals surface area contributed by atoms with E-state index in [4.69, 9.17) is 10.5 Å². The van der Waals surface area contributed by atoms with E-state index in [9.17, 15) is 39.0 Å². The monoisotopic (exact) mass is 548 g/mol. The van der Waals surface area contributed by atoms with Crippen LogP contribution in [0.4, 0.5) is 0 Å². The summed E-state index contributed by atoms with van der Waals surface area (Å²) < 4.78 is 5.93. The number of esters is 1. The quantitative estimate of drug-likeness (QED) is 0.360. The largest absolute Gasteiger partial charge is 0.507 e. The second-order valence-corrected chi connectivity index (χ2v) is 10.9. The van der Waals surface area contributed by atoms with Crippen molar-refractivity contribution in [1.29, 1.82) is 0 Å². The van der Waals surface area contributed by atoms with Crippen LogP contribution < -0.4 is 5.73 Å². The molecule has 4 N–H and O–H groups in total. The van der Waals surface area contributed by atoms with Gasteiger partial charge < -0.3 is 20.7 Å². The Balaban J connectivity index is 1.70. The van der Waals surface area contributed by atoms with Gasteiger partial charge in [0.1, 0.15) is 11.9 Å². The lowest BCUT2D eigenvalue weighted by molar-refractivity contribution is -0.184. The number of carbonyl (C=O) groups is 6. The van der Waals surface area contributed by atoms with E-state index < -0.39 is 82.2 Å². The van der Waals surface area contributed by atoms with Crippen molar-refractivity contribution in [2.45, 2.75) is 31.1 Å². The summed E-state index contributed by atoms with van der Waals surface area (Å²) in [7, 11) is 2.98. The summed E-state index contributed by atoms with van der Waals surface area (Å²) >= 11 is 0. The fourth-order valence-electron chi connectivity index (χ4n) is 6.70. The van der Waals surface area contributed by atoms with E-state index in [1.54, 1.807) is 31.2 Å². The highest BCUT2D eigenvalue weighted by atomic mass is 16.5. The van der Waals surface area contributed by atoms with Crippen LogP contribution in [0.25, 0.3) is 0 Å². The van der Waals surface area contributed by atoms with E-state index in [2.05, 4.69) is 0 Å². The third-order valence-corrected chi connectivity index (χ3v) is 8.47. The zero-order valence-electron chi connectivity index (χ0n) is 22.0. The number of hydrogen-bond donors (Lipinski definition) is 3. The maximum Gasteiger partial charge on any atom is 0.338 e. The summed E-state index contributed by atoms with van der Waals surface area (Å²) in [5.74, 6) is -13.1. The number of Topliss-reactive ketones (excluding diaryl/α,β-unsaturated/α-hetero) is 4. The molecule has 0 saturated heterocycles. The standard InChI is InChI=1S/C29H28N2O9/c1-12-9-10-16(32)19-17(12)24(40-28(38)13-7-5-4-6-8-13)14-11-15-21(31(2)3)23(34)20(27(30)37)26(36)29(15,39)25(35)18(14)22(19)33/h4-10,14-15,18,20-21,24,32,39H,11H2,1-3H3,(H2,30,37). The fraction of sp³-hybridized carbons (Fsp3) is 0.379. The number of likely N-dealkylation sites (N-methyl/N-ethyl adjacent to an activating group) is 1. The highest BCUT2D eigenvalue weighted by molar-refractivity contribution is 6.32. The molecule has 2 fully saturated rings. The van der Waals surface area contributed by atoms with E-state index in [-0.39, 0.29) is 23.1 Å². The van der Waals surface area contributed by atoms with Gasteiger partial charge in [0.15, 0.2) is 34.7 Å². The number of aromatic hydroxyl groups is 1. The minimum Gasteiger partial charge on any atom is -0.507 e. The molecule has 2 aromatic rings. The normalized spacial score (nSPS) is 31.3. The van der Waals surface area contributed by atoms with Crippen molar-refractivity contribution < 1.29 is 43.7 Å². The number of phenolic OH excluding ortho intramolecular Hbond substituents is 1. The van der Waals surface area contributed by atoms with Crippen LogP contribution in [0.2, 0.25) is 0 Å². The first-order valence-corrected chi connectivity index (χ1v) is 12.8. The summed E-state index contributed by atoms with van der Waals surface area (Å²) in [6.45, 7) is 1.66. The van der Waals surface area contributed by atoms with E-state index in [1.807, 2.05) is 0 Å². The van der Waals surface area contributed by atoms with Crippen LogP contribution in [0.1, 0.15) is 44.4 Å². The van der Waals surface area contributed by atoms with Crippen LogP contribution in [-0.4, -0.2) is 75.9 Å². The number of nitrogens with zero attached hydrogens (tertiary/aromatic N) is 1. The molecule has 3 aliphatic rings. The average Bonchev–Trinajstić information content (AvgIpc) is 2.90. The predicted octanol–water partition coefficient (Wildman–Crippen LogP) is 0.531. The molecule has 208 valence electrons. The Bertz CT molecular complexity index is 1480. The van der Waals surface area contributed by atoms with Crippen molar-refractivity contribution >= 4 is 35.0 Å². The van der Waals surface area contributed by atoms with Crippen molar-refractivity contribution in [3.63, 3.8) is 0 Å². The zero-order chi connectivity index (χ0) is 29.3. The molecule has 0 spiro atoms. The van der Waals surface area contributed by atoms with E-state index in [0.717, 1.165) is 0 Å². The maximum atomic E-state index is 14.1. The number of nitrogens with two attached hydrogens (primary N) is 1. The lowest BCUT2D eigenvalue weighted by Crippen LogP contribution is -2.74. The topological polar surface area (TPSA) is 181 Å². The number of hydrogen-bond acceptors (Lipinski definition) is 10. The number of carbonyl (C=O) groups excluding carboxylic acids is 6. The number of rotatable bonds is 4. The zero-order valence-corrected chi connectivity index (χ0v) is 22.0. The van der Waals surface area contributed by atoms with Crippen molar-refractivity contribution in [1.82, 2.24) is 4.90 Å². The van der Waals surface area contributed by atoms with Gasteiger partial charge in [-0.25, -0.2) is 4.79 Å². The summed E-state index contributed by atoms with van der Waals surface area (Å²) in [5, 5.41) is 22.4. The number of ketones is 4. The Hall–Kier alpha value is -4.22. The molecule has 11 nitrogen and oxygen atoms in total. The van der Waals surface area contributed by atoms with Gasteiger partial charge in [-0.15, -0.1) is 0 Å². The van der Waals surface area contributed by atoms with Gasteiger partial charge in [0, 0.05) is 17.4 Å². The molecule has 0 radical (unpaired) electrons. The Labute approximate surface area is 228 Å². The van der Waals surface area contributed by atoms with Crippen LogP contribution in [-0.2, 0) is 23.9 Å². The van der Waals surface area contributed by atoms with Gasteiger partial charge in [-0.2, -0.15) is 0 Å². The average molecular weight is 549 g/mol. The number of ether oxygens (including phenoxy) is 1. The number of benzene rings is 2. The first-order chi connectivity index (χ1) is 18.8. The Kier molecular flexibility index (Phi) is 6.47. The Morgan fingerprint density at radius 3 is 2.27 bits per heavy atom. The minimum atomic E-state index is -2.88. The van der Waals surface area contributed by atoms with Gasteiger partial charge in [0.25, 0.3) is 0 Å². The molecule has 2 saturated carbocycles. The summed E-state index contributed by atoms with van der Waals surface area (Å²) in [6, 6.07) is 9.56. The molecule has 0 bridgehead atoms. The molecule has 1 amide bonds. The van der Waals surface area contributed by atoms with Crippen LogP contribution in [0.3, 0.4) is 0 Å². The van der Waals surface area contributed by atoms with Crippen LogP contribution >= 0.6 is 0 Å². The highest BCUT2D eigenvalue weighted by Gasteiger charge is 2.70. The minimum absolute atomic E-state index is 0.201. The molecule has 0 aromatic heterocycles. The Morgan fingerprint density at radius 1 is 1.02 bits per heavy atom. The molecule has 7 atom stereocenters. The summed E-state index contributed by atoms with van der Waals surface area (Å²) in [5.41, 5.74) is 3.13. The van der Waals surface area contributed by atoms with E-state index in [1.165, 1.54) is 37.2 Å². The first kappa shape index (κ1) is 27.4. The van der Waals surface area contributed by atoms with Crippen molar-refractivity contribution in [3.05, 3.63) is 64.7 Å². The number of primary amides is 1. The fourth-order valence-corrected chi connectivity index (χ4v) is 6.70. The van der Waals surface area contributed by atoms with Crippen LogP contribution in [0.15, 0.2) is 42.5 Å². The second-order valence-electron chi connectivity index (χ2n) is 10.9. The number of fused-ring (bicyclic) bond motifs is 3. The SMILES string of the molecule is Cc1ccc(O)c2c1C(OC(=O)c1ccccc1)C1CC3C(N(C)C)C(=O)C(C(N)=O)C(=O)C3(O)C(=O)C1C2=O. The highest BCUT2D eigenvalue weighted by Crippen LogP contribution is 2.55. The lowest BCUT2D eigenvalue weighted by Gasteiger charge is -2.53. The van der Waals surface area contributed by atoms with Gasteiger partial charge in [0.05, 0.1) is 23.1 Å². The van der Waals surface area contributed by atoms with Gasteiger partial charge in [-0.05, 0) is 51.2 Å². The van der Waals surface area contributed by atoms with Gasteiger partial charge >= 0.3 is 5.97 Å². The van der Waals surface area contributed by atoms with Crippen molar-refractivity contribution in [3.8, 4) is 5.75 Å². The van der Waals surface area contributed by atoms with Crippen LogP contribution in [0.5, 0.6) is 5.75 Å². The van der Waals surface area contributed by atoms with E-state index >= 15 is 0 Å². The molecule has 5 rings (SSSR count). The second kappa shape index (κ2) is 9.46. The molecule has 2 aromatic carbocycles. The van der Waals surface area contributed by atoms with Crippen LogP contribution in [0, 0.1) is 30.6 Å². The molecular formula is C29H28N2O9. The molecule has 0 heterocycles. The first-order valence-electron chi connectivity index (χ1n) is 12.8. The van der Waals surface area contributed by atoms with Gasteiger partial charge in [-0.3, -0.25) is 28.9 Å². The predicted molar refractivity (Wildman–Crippen MR) is 137 cm³/mol. The number of phenols is 1. The smallest absolute Gasteiger partial charge is 0.338 e. The number of amides is 1. The number of aryl methyl sites for hydroxylation is 1. The molecule has 40 heavy (non-hydrogen) atoms. The lowest BCUT2D eigenvalue weighted by atomic mass is 9.51. The summed E-state index contributed by atoms with van der Waals surface area (Å²) in [4.78, 5) is 81.5. The molecule has 11 heteroatoms. The molecule has 0 aliphatic heterocycles. The Morgan fingerprint density at radius 2 is 1.68 bits per heavy atom. The number of aliphatic hydroxyl groups is 1. The third-order valence-electron chi connectivity index (χ3n) is 8.47. The van der Waals surface area contributed by atoms with Gasteiger partial charge in [-0.1, -0.05) is 24.3 Å². The molecule has 7 unspecified atom stereocenters. The van der Waals surface area contributed by atoms with Gasteiger partial charge in [0.2, 0.25) is 5.91 Å². The molecular weight excluding hydrogens is 520 g/mol. The maximum absolute atomic E-state index is 14.1. The van der Waals surface area contributed by atoms with Crippen molar-refractivity contribution in [2.24, 2.45) is 29.4 Å². The van der Waals surface area contributed by atoms with Crippen molar-refractivity contribution in [2.75, 3.05) is 14.1 Å². The molecule has 3 aliphatic carbocycles. The summed E-state index contributed by atoms with van der Waals surface area (Å²) in [6.07, 6.45) is -1.50. The third kappa shape index (κ3) is 3.72. The van der Waals surface area contributed by atoms with E-state index in [0.29, 0.717) is 5.56 Å².